The van der Waals surface area contributed by atoms with Gasteiger partial charge in [0.05, 0.1) is 5.56 Å². The van der Waals surface area contributed by atoms with Crippen molar-refractivity contribution in [3.8, 4) is 0 Å². The Morgan fingerprint density at radius 1 is 1.04 bits per heavy atom. The van der Waals surface area contributed by atoms with Crippen LogP contribution in [0, 0.1) is 0 Å². The van der Waals surface area contributed by atoms with E-state index in [2.05, 4.69) is 0 Å². The fourth-order valence-corrected chi connectivity index (χ4v) is 3.18. The summed E-state index contributed by atoms with van der Waals surface area (Å²) in [6.07, 6.45) is 3.37. The van der Waals surface area contributed by atoms with E-state index >= 15 is 0 Å². The van der Waals surface area contributed by atoms with Gasteiger partial charge < -0.3 is 9.64 Å². The predicted octanol–water partition coefficient (Wildman–Crippen LogP) is 3.58. The Balaban J connectivity index is 1.57. The molecule has 0 N–H and O–H groups in total. The molecule has 0 radical (unpaired) electrons. The minimum atomic E-state index is -0.557. The molecule has 2 aromatic carbocycles. The SMILES string of the molecule is CSc1ccc(C(=O)COC(=O)c2ccc(N3CCCC3=O)cc2)cc1. The number of esters is 1. The number of carbonyl (C=O) groups is 3. The molecule has 134 valence electrons. The van der Waals surface area contributed by atoms with Crippen molar-refractivity contribution in [2.75, 3.05) is 24.3 Å². The maximum atomic E-state index is 12.1. The molecular formula is C20H19NO4S. The third kappa shape index (κ3) is 4.14. The van der Waals surface area contributed by atoms with Crippen molar-refractivity contribution in [2.45, 2.75) is 17.7 Å². The number of Topliss-reactive ketones (excluding diaryl/α,β-unsaturated/α-hetero) is 1. The molecule has 0 saturated carbocycles. The lowest BCUT2D eigenvalue weighted by Crippen LogP contribution is -2.23. The Morgan fingerprint density at radius 3 is 2.27 bits per heavy atom. The average molecular weight is 369 g/mol. The smallest absolute Gasteiger partial charge is 0.338 e. The number of nitrogens with zero attached hydrogens (tertiary/aromatic N) is 1. The summed E-state index contributed by atoms with van der Waals surface area (Å²) in [6, 6.07) is 13.8. The Hall–Kier alpha value is -2.60. The van der Waals surface area contributed by atoms with Gasteiger partial charge in [-0.05, 0) is 49.1 Å². The second-order valence-corrected chi connectivity index (χ2v) is 6.80. The van der Waals surface area contributed by atoms with E-state index < -0.39 is 5.97 Å². The molecule has 5 nitrogen and oxygen atoms in total. The van der Waals surface area contributed by atoms with Crippen LogP contribution in [0.25, 0.3) is 0 Å². The van der Waals surface area contributed by atoms with E-state index in [1.165, 1.54) is 0 Å². The van der Waals surface area contributed by atoms with Gasteiger partial charge in [-0.2, -0.15) is 0 Å². The minimum Gasteiger partial charge on any atom is -0.454 e. The molecule has 1 saturated heterocycles. The summed E-state index contributed by atoms with van der Waals surface area (Å²) in [5.74, 6) is -0.706. The van der Waals surface area contributed by atoms with E-state index in [1.807, 2.05) is 18.4 Å². The Morgan fingerprint density at radius 2 is 1.69 bits per heavy atom. The molecule has 0 aliphatic carbocycles. The van der Waals surface area contributed by atoms with Crippen LogP contribution in [0.15, 0.2) is 53.4 Å². The van der Waals surface area contributed by atoms with Gasteiger partial charge in [0.25, 0.3) is 0 Å². The van der Waals surface area contributed by atoms with Crippen molar-refractivity contribution >= 4 is 35.1 Å². The lowest BCUT2D eigenvalue weighted by molar-refractivity contribution is -0.117. The molecule has 26 heavy (non-hydrogen) atoms. The second kappa shape index (κ2) is 8.19. The van der Waals surface area contributed by atoms with Gasteiger partial charge in [-0.1, -0.05) is 12.1 Å². The molecule has 1 heterocycles. The van der Waals surface area contributed by atoms with Crippen molar-refractivity contribution in [3.05, 3.63) is 59.7 Å². The lowest BCUT2D eigenvalue weighted by atomic mass is 10.1. The van der Waals surface area contributed by atoms with Crippen molar-refractivity contribution in [1.82, 2.24) is 0 Å². The number of hydrogen-bond acceptors (Lipinski definition) is 5. The molecule has 0 bridgehead atoms. The van der Waals surface area contributed by atoms with Gasteiger partial charge in [-0.3, -0.25) is 9.59 Å². The number of benzene rings is 2. The van der Waals surface area contributed by atoms with Crippen molar-refractivity contribution in [2.24, 2.45) is 0 Å². The number of thioether (sulfide) groups is 1. The molecule has 1 amide bonds. The van der Waals surface area contributed by atoms with Crippen LogP contribution in [-0.4, -0.2) is 37.1 Å². The molecule has 1 aliphatic rings. The van der Waals surface area contributed by atoms with Crippen LogP contribution in [0.4, 0.5) is 5.69 Å². The molecule has 0 unspecified atom stereocenters. The number of hydrogen-bond donors (Lipinski definition) is 0. The van der Waals surface area contributed by atoms with E-state index in [0.29, 0.717) is 24.1 Å². The normalized spacial score (nSPS) is 13.7. The fraction of sp³-hybridized carbons (Fsp3) is 0.250. The van der Waals surface area contributed by atoms with Gasteiger partial charge >= 0.3 is 5.97 Å². The lowest BCUT2D eigenvalue weighted by Gasteiger charge is -2.15. The maximum absolute atomic E-state index is 12.1. The van der Waals surface area contributed by atoms with Crippen LogP contribution in [0.2, 0.25) is 0 Å². The monoisotopic (exact) mass is 369 g/mol. The zero-order valence-corrected chi connectivity index (χ0v) is 15.3. The van der Waals surface area contributed by atoms with Crippen LogP contribution in [-0.2, 0) is 9.53 Å². The third-order valence-corrected chi connectivity index (χ3v) is 4.98. The quantitative estimate of drug-likeness (QED) is 0.442. The van der Waals surface area contributed by atoms with Crippen molar-refractivity contribution < 1.29 is 19.1 Å². The highest BCUT2D eigenvalue weighted by Crippen LogP contribution is 2.22. The van der Waals surface area contributed by atoms with Gasteiger partial charge in [0.15, 0.2) is 12.4 Å². The summed E-state index contributed by atoms with van der Waals surface area (Å²) in [4.78, 5) is 38.7. The van der Waals surface area contributed by atoms with Crippen LogP contribution in [0.3, 0.4) is 0 Å². The number of carbonyl (C=O) groups excluding carboxylic acids is 3. The highest BCUT2D eigenvalue weighted by Gasteiger charge is 2.22. The molecule has 0 atom stereocenters. The first-order chi connectivity index (χ1) is 12.6. The third-order valence-electron chi connectivity index (χ3n) is 4.23. The van der Waals surface area contributed by atoms with E-state index in [-0.39, 0.29) is 18.3 Å². The molecule has 0 aromatic heterocycles. The predicted molar refractivity (Wildman–Crippen MR) is 101 cm³/mol. The number of anilines is 1. The molecule has 2 aromatic rings. The fourth-order valence-electron chi connectivity index (χ4n) is 2.77. The molecule has 0 spiro atoms. The zero-order valence-electron chi connectivity index (χ0n) is 14.4. The number of rotatable bonds is 6. The van der Waals surface area contributed by atoms with Gasteiger partial charge in [-0.15, -0.1) is 11.8 Å². The average Bonchev–Trinajstić information content (AvgIpc) is 3.12. The summed E-state index contributed by atoms with van der Waals surface area (Å²) in [5.41, 5.74) is 1.64. The molecular weight excluding hydrogens is 350 g/mol. The van der Waals surface area contributed by atoms with Crippen LogP contribution in [0.1, 0.15) is 33.6 Å². The first-order valence-electron chi connectivity index (χ1n) is 8.33. The summed E-state index contributed by atoms with van der Waals surface area (Å²) in [5, 5.41) is 0. The van der Waals surface area contributed by atoms with E-state index in [9.17, 15) is 14.4 Å². The highest BCUT2D eigenvalue weighted by molar-refractivity contribution is 7.98. The largest absolute Gasteiger partial charge is 0.454 e. The Bertz CT molecular complexity index is 815. The number of ketones is 1. The van der Waals surface area contributed by atoms with Gasteiger partial charge in [-0.25, -0.2) is 4.79 Å². The van der Waals surface area contributed by atoms with Crippen molar-refractivity contribution in [1.29, 1.82) is 0 Å². The second-order valence-electron chi connectivity index (χ2n) is 5.92. The Labute approximate surface area is 156 Å². The molecule has 6 heteroatoms. The Kier molecular flexibility index (Phi) is 5.73. The van der Waals surface area contributed by atoms with Gasteiger partial charge in [0, 0.05) is 29.1 Å². The minimum absolute atomic E-state index is 0.0958. The van der Waals surface area contributed by atoms with E-state index in [4.69, 9.17) is 4.74 Å². The summed E-state index contributed by atoms with van der Waals surface area (Å²) in [7, 11) is 0. The molecule has 3 rings (SSSR count). The van der Waals surface area contributed by atoms with Crippen LogP contribution >= 0.6 is 11.8 Å². The maximum Gasteiger partial charge on any atom is 0.338 e. The van der Waals surface area contributed by atoms with Gasteiger partial charge in [0.1, 0.15) is 0 Å². The zero-order chi connectivity index (χ0) is 18.5. The first-order valence-corrected chi connectivity index (χ1v) is 9.56. The summed E-state index contributed by atoms with van der Waals surface area (Å²) < 4.78 is 5.11. The van der Waals surface area contributed by atoms with Gasteiger partial charge in [0.2, 0.25) is 5.91 Å². The topological polar surface area (TPSA) is 63.7 Å². The van der Waals surface area contributed by atoms with Crippen molar-refractivity contribution in [3.63, 3.8) is 0 Å². The first kappa shape index (κ1) is 18.2. The molecule has 1 aliphatic heterocycles. The number of ether oxygens (including phenoxy) is 1. The van der Waals surface area contributed by atoms with E-state index in [1.54, 1.807) is 53.1 Å². The summed E-state index contributed by atoms with van der Waals surface area (Å²) >= 11 is 1.59. The van der Waals surface area contributed by atoms with Crippen LogP contribution < -0.4 is 4.90 Å². The van der Waals surface area contributed by atoms with Crippen LogP contribution in [0.5, 0.6) is 0 Å². The standard InChI is InChI=1S/C20H19NO4S/c1-26-17-10-6-14(7-11-17)18(22)13-25-20(24)15-4-8-16(9-5-15)21-12-2-3-19(21)23/h4-11H,2-3,12-13H2,1H3. The summed E-state index contributed by atoms with van der Waals surface area (Å²) in [6.45, 7) is 0.399. The molecule has 1 fully saturated rings. The van der Waals surface area contributed by atoms with E-state index in [0.717, 1.165) is 17.0 Å². The number of amides is 1. The highest BCUT2D eigenvalue weighted by atomic mass is 32.2.